The Labute approximate surface area is 99.3 Å². The maximum atomic E-state index is 2.63. The molecule has 0 unspecified atom stereocenters. The molecule has 1 atom stereocenters. The summed E-state index contributed by atoms with van der Waals surface area (Å²) in [5.74, 6) is 0.820. The lowest BCUT2D eigenvalue weighted by Crippen LogP contribution is -2.47. The van der Waals surface area contributed by atoms with E-state index >= 15 is 0 Å². The molecule has 0 saturated carbocycles. The first-order valence-electron chi connectivity index (χ1n) is 6.41. The molecular formula is C14H24N2. The highest BCUT2D eigenvalue weighted by molar-refractivity contribution is 4.91. The van der Waals surface area contributed by atoms with Crippen molar-refractivity contribution in [3.05, 3.63) is 24.5 Å². The lowest BCUT2D eigenvalue weighted by Gasteiger charge is -2.41. The summed E-state index contributed by atoms with van der Waals surface area (Å²) in [6.45, 7) is 10.7. The minimum atomic E-state index is 0.329. The van der Waals surface area contributed by atoms with Crippen LogP contribution in [0.2, 0.25) is 0 Å². The van der Waals surface area contributed by atoms with Crippen molar-refractivity contribution in [2.75, 3.05) is 13.1 Å². The molecule has 0 aromatic carbocycles. The van der Waals surface area contributed by atoms with E-state index in [1.54, 1.807) is 0 Å². The molecule has 0 bridgehead atoms. The molecule has 0 amide bonds. The van der Waals surface area contributed by atoms with Crippen LogP contribution in [0.3, 0.4) is 0 Å². The Morgan fingerprint density at radius 2 is 1.88 bits per heavy atom. The van der Waals surface area contributed by atoms with Crippen LogP contribution in [-0.2, 0) is 6.54 Å². The van der Waals surface area contributed by atoms with E-state index in [2.05, 4.69) is 54.8 Å². The molecule has 90 valence electrons. The molecule has 16 heavy (non-hydrogen) atoms. The second kappa shape index (κ2) is 4.62. The molecule has 0 aliphatic carbocycles. The van der Waals surface area contributed by atoms with Gasteiger partial charge in [0.05, 0.1) is 0 Å². The molecule has 0 spiro atoms. The lowest BCUT2D eigenvalue weighted by molar-refractivity contribution is 0.0734. The normalized spacial score (nSPS) is 23.6. The number of aromatic nitrogens is 1. The van der Waals surface area contributed by atoms with Gasteiger partial charge < -0.3 is 4.57 Å². The van der Waals surface area contributed by atoms with Crippen LogP contribution in [0.15, 0.2) is 24.5 Å². The van der Waals surface area contributed by atoms with Gasteiger partial charge in [-0.05, 0) is 58.2 Å². The van der Waals surface area contributed by atoms with Gasteiger partial charge in [0.2, 0.25) is 0 Å². The maximum absolute atomic E-state index is 2.63. The zero-order valence-corrected chi connectivity index (χ0v) is 10.8. The minimum absolute atomic E-state index is 0.329. The standard InChI is InChI=1S/C14H24N2/c1-14(2,3)16-10-6-7-13(12-16)11-15-8-4-5-9-15/h4-5,8-9,13H,6-7,10-12H2,1-3H3/t13-/m1/s1. The Morgan fingerprint density at radius 3 is 2.50 bits per heavy atom. The van der Waals surface area contributed by atoms with Crippen molar-refractivity contribution in [3.8, 4) is 0 Å². The van der Waals surface area contributed by atoms with Crippen molar-refractivity contribution >= 4 is 0 Å². The third kappa shape index (κ3) is 2.88. The van der Waals surface area contributed by atoms with Crippen molar-refractivity contribution in [1.29, 1.82) is 0 Å². The first-order chi connectivity index (χ1) is 7.55. The largest absolute Gasteiger partial charge is 0.354 e. The van der Waals surface area contributed by atoms with Crippen molar-refractivity contribution in [2.24, 2.45) is 5.92 Å². The monoisotopic (exact) mass is 220 g/mol. The molecule has 1 aromatic heterocycles. The van der Waals surface area contributed by atoms with E-state index in [-0.39, 0.29) is 0 Å². The van der Waals surface area contributed by atoms with E-state index in [1.807, 2.05) is 0 Å². The summed E-state index contributed by atoms with van der Waals surface area (Å²) in [7, 11) is 0. The third-order valence-corrected chi connectivity index (χ3v) is 3.60. The van der Waals surface area contributed by atoms with Crippen LogP contribution in [0.5, 0.6) is 0 Å². The molecule has 1 aliphatic rings. The van der Waals surface area contributed by atoms with Crippen LogP contribution >= 0.6 is 0 Å². The van der Waals surface area contributed by atoms with E-state index in [4.69, 9.17) is 0 Å². The van der Waals surface area contributed by atoms with Gasteiger partial charge in [-0.1, -0.05) is 0 Å². The average Bonchev–Trinajstić information content (AvgIpc) is 2.70. The highest BCUT2D eigenvalue weighted by atomic mass is 15.2. The molecule has 1 fully saturated rings. The fourth-order valence-electron chi connectivity index (χ4n) is 2.61. The predicted molar refractivity (Wildman–Crippen MR) is 68.5 cm³/mol. The highest BCUT2D eigenvalue weighted by Gasteiger charge is 2.27. The molecule has 0 radical (unpaired) electrons. The number of likely N-dealkylation sites (tertiary alicyclic amines) is 1. The quantitative estimate of drug-likeness (QED) is 0.744. The van der Waals surface area contributed by atoms with Crippen LogP contribution in [0.25, 0.3) is 0 Å². The Morgan fingerprint density at radius 1 is 1.19 bits per heavy atom. The SMILES string of the molecule is CC(C)(C)N1CCC[C@H](Cn2cccc2)C1. The molecule has 0 N–H and O–H groups in total. The topological polar surface area (TPSA) is 8.17 Å². The number of rotatable bonds is 2. The van der Waals surface area contributed by atoms with Crippen molar-refractivity contribution in [2.45, 2.75) is 45.7 Å². The second-order valence-corrected chi connectivity index (χ2v) is 6.00. The van der Waals surface area contributed by atoms with Crippen LogP contribution in [0.1, 0.15) is 33.6 Å². The van der Waals surface area contributed by atoms with E-state index < -0.39 is 0 Å². The number of piperidine rings is 1. The van der Waals surface area contributed by atoms with Crippen molar-refractivity contribution in [1.82, 2.24) is 9.47 Å². The number of nitrogens with zero attached hydrogens (tertiary/aromatic N) is 2. The molecule has 1 saturated heterocycles. The van der Waals surface area contributed by atoms with Crippen molar-refractivity contribution in [3.63, 3.8) is 0 Å². The summed E-state index contributed by atoms with van der Waals surface area (Å²) in [5.41, 5.74) is 0.329. The first kappa shape index (κ1) is 11.7. The summed E-state index contributed by atoms with van der Waals surface area (Å²) in [5, 5.41) is 0. The van der Waals surface area contributed by atoms with Gasteiger partial charge in [0.15, 0.2) is 0 Å². The third-order valence-electron chi connectivity index (χ3n) is 3.60. The summed E-state index contributed by atoms with van der Waals surface area (Å²) in [4.78, 5) is 2.63. The fraction of sp³-hybridized carbons (Fsp3) is 0.714. The van der Waals surface area contributed by atoms with Crippen LogP contribution in [0.4, 0.5) is 0 Å². The van der Waals surface area contributed by atoms with Gasteiger partial charge in [-0.2, -0.15) is 0 Å². The van der Waals surface area contributed by atoms with Gasteiger partial charge in [-0.25, -0.2) is 0 Å². The zero-order chi connectivity index (χ0) is 11.6. The second-order valence-electron chi connectivity index (χ2n) is 6.00. The zero-order valence-electron chi connectivity index (χ0n) is 10.8. The van der Waals surface area contributed by atoms with Gasteiger partial charge >= 0.3 is 0 Å². The van der Waals surface area contributed by atoms with Crippen LogP contribution in [0, 0.1) is 5.92 Å². The van der Waals surface area contributed by atoms with E-state index in [1.165, 1.54) is 32.5 Å². The van der Waals surface area contributed by atoms with Gasteiger partial charge in [-0.15, -0.1) is 0 Å². The Hall–Kier alpha value is -0.760. The van der Waals surface area contributed by atoms with Gasteiger partial charge in [-0.3, -0.25) is 4.90 Å². The van der Waals surface area contributed by atoms with E-state index in [9.17, 15) is 0 Å². The Kier molecular flexibility index (Phi) is 3.38. The maximum Gasteiger partial charge on any atom is 0.0260 e. The molecule has 1 aliphatic heterocycles. The van der Waals surface area contributed by atoms with Gasteiger partial charge in [0.25, 0.3) is 0 Å². The fourth-order valence-corrected chi connectivity index (χ4v) is 2.61. The van der Waals surface area contributed by atoms with Crippen LogP contribution < -0.4 is 0 Å². The van der Waals surface area contributed by atoms with E-state index in [0.717, 1.165) is 5.92 Å². The van der Waals surface area contributed by atoms with Gasteiger partial charge in [0, 0.05) is 31.0 Å². The molecule has 2 heteroatoms. The number of hydrogen-bond donors (Lipinski definition) is 0. The molecular weight excluding hydrogens is 196 g/mol. The molecule has 2 nitrogen and oxygen atoms in total. The van der Waals surface area contributed by atoms with Gasteiger partial charge in [0.1, 0.15) is 0 Å². The van der Waals surface area contributed by atoms with Crippen molar-refractivity contribution < 1.29 is 0 Å². The Bertz CT molecular complexity index is 308. The number of hydrogen-bond acceptors (Lipinski definition) is 1. The van der Waals surface area contributed by atoms with E-state index in [0.29, 0.717) is 5.54 Å². The minimum Gasteiger partial charge on any atom is -0.354 e. The average molecular weight is 220 g/mol. The summed E-state index contributed by atoms with van der Waals surface area (Å²) < 4.78 is 2.32. The van der Waals surface area contributed by atoms with Crippen LogP contribution in [-0.4, -0.2) is 28.1 Å². The highest BCUT2D eigenvalue weighted by Crippen LogP contribution is 2.24. The molecule has 2 rings (SSSR count). The smallest absolute Gasteiger partial charge is 0.0260 e. The lowest BCUT2D eigenvalue weighted by atomic mass is 9.93. The molecule has 1 aromatic rings. The summed E-state index contributed by atoms with van der Waals surface area (Å²) in [6, 6.07) is 4.23. The predicted octanol–water partition coefficient (Wildman–Crippen LogP) is 3.00. The summed E-state index contributed by atoms with van der Waals surface area (Å²) >= 11 is 0. The molecule has 2 heterocycles. The summed E-state index contributed by atoms with van der Waals surface area (Å²) in [6.07, 6.45) is 7.08. The first-order valence-corrected chi connectivity index (χ1v) is 6.41. The Balaban J connectivity index is 1.92.